The summed E-state index contributed by atoms with van der Waals surface area (Å²) >= 11 is 0. The summed E-state index contributed by atoms with van der Waals surface area (Å²) in [5, 5.41) is 0. The van der Waals surface area contributed by atoms with Gasteiger partial charge in [0.05, 0.1) is 19.7 Å². The highest BCUT2D eigenvalue weighted by molar-refractivity contribution is 5.80. The van der Waals surface area contributed by atoms with Gasteiger partial charge in [0, 0.05) is 45.7 Å². The zero-order valence-electron chi connectivity index (χ0n) is 43.6. The number of unbranched alkanes of at least 4 members (excludes halogenated alkanes) is 26. The maximum Gasteiger partial charge on any atom is 0.305 e. The Kier molecular flexibility index (Phi) is 42.5. The predicted molar refractivity (Wildman–Crippen MR) is 274 cm³/mol. The smallest absolute Gasteiger partial charge is 0.305 e. The van der Waals surface area contributed by atoms with E-state index in [0.717, 1.165) is 64.8 Å². The highest BCUT2D eigenvalue weighted by atomic mass is 16.5. The number of hydrogen-bond donors (Lipinski definition) is 0. The third-order valence-corrected chi connectivity index (χ3v) is 13.6. The average molecular weight is 905 g/mol. The van der Waals surface area contributed by atoms with Gasteiger partial charge in [0.2, 0.25) is 11.8 Å². The van der Waals surface area contributed by atoms with Gasteiger partial charge in [-0.3, -0.25) is 24.2 Å². The normalized spacial score (nSPS) is 13.2. The standard InChI is InChI=1S/C55H109N5O4/c1-6-11-16-20-24-28-32-39-56(40-33-29-25-21-17-12-7-2)44-45-58(42-35-31-27-23-19-14-9-4)52-54(62)60-48-46-59(47-49-60)53(61)51-57(41-34-30-26-22-18-13-8-3)43-37-38-55(63)64-50-36-15-10-5/h6-52H2,1-5H3. The number of esters is 1. The zero-order chi connectivity index (χ0) is 46.6. The summed E-state index contributed by atoms with van der Waals surface area (Å²) in [6.07, 6.45) is 40.7. The van der Waals surface area contributed by atoms with Gasteiger partial charge in [-0.2, -0.15) is 0 Å². The second kappa shape index (κ2) is 45.1. The molecule has 378 valence electrons. The van der Waals surface area contributed by atoms with E-state index in [2.05, 4.69) is 49.3 Å². The first-order valence-electron chi connectivity index (χ1n) is 28.3. The second-order valence-electron chi connectivity index (χ2n) is 19.7. The van der Waals surface area contributed by atoms with Gasteiger partial charge in [-0.15, -0.1) is 0 Å². The average Bonchev–Trinajstić information content (AvgIpc) is 3.30. The third kappa shape index (κ3) is 35.5. The summed E-state index contributed by atoms with van der Waals surface area (Å²) in [7, 11) is 0. The predicted octanol–water partition coefficient (Wildman–Crippen LogP) is 13.1. The lowest BCUT2D eigenvalue weighted by Gasteiger charge is -2.37. The maximum atomic E-state index is 14.0. The summed E-state index contributed by atoms with van der Waals surface area (Å²) in [5.74, 6) is 0.257. The fourth-order valence-electron chi connectivity index (χ4n) is 9.17. The van der Waals surface area contributed by atoms with Gasteiger partial charge in [0.25, 0.3) is 0 Å². The molecule has 0 saturated carbocycles. The van der Waals surface area contributed by atoms with Gasteiger partial charge in [-0.25, -0.2) is 0 Å². The van der Waals surface area contributed by atoms with Crippen LogP contribution in [-0.2, 0) is 19.1 Å². The molecule has 1 rings (SSSR count). The van der Waals surface area contributed by atoms with E-state index in [1.54, 1.807) is 0 Å². The fourth-order valence-corrected chi connectivity index (χ4v) is 9.17. The lowest BCUT2D eigenvalue weighted by atomic mass is 10.1. The van der Waals surface area contributed by atoms with Crippen LogP contribution in [0.3, 0.4) is 0 Å². The largest absolute Gasteiger partial charge is 0.466 e. The molecule has 0 unspecified atom stereocenters. The first-order valence-corrected chi connectivity index (χ1v) is 28.3. The quantitative estimate of drug-likeness (QED) is 0.0445. The number of carbonyl (C=O) groups excluding carboxylic acids is 3. The van der Waals surface area contributed by atoms with Crippen LogP contribution in [0.4, 0.5) is 0 Å². The van der Waals surface area contributed by atoms with Crippen LogP contribution < -0.4 is 0 Å². The van der Waals surface area contributed by atoms with Crippen molar-refractivity contribution >= 4 is 17.8 Å². The van der Waals surface area contributed by atoms with Crippen molar-refractivity contribution in [1.29, 1.82) is 0 Å². The Morgan fingerprint density at radius 2 is 0.625 bits per heavy atom. The topological polar surface area (TPSA) is 76.6 Å². The van der Waals surface area contributed by atoms with Crippen LogP contribution in [0.2, 0.25) is 0 Å². The molecule has 0 atom stereocenters. The van der Waals surface area contributed by atoms with E-state index in [1.165, 1.54) is 180 Å². The van der Waals surface area contributed by atoms with Crippen LogP contribution in [0.15, 0.2) is 0 Å². The molecule has 1 saturated heterocycles. The van der Waals surface area contributed by atoms with Crippen LogP contribution >= 0.6 is 0 Å². The number of hydrogen-bond acceptors (Lipinski definition) is 7. The maximum absolute atomic E-state index is 14.0. The van der Waals surface area contributed by atoms with E-state index >= 15 is 0 Å². The Morgan fingerprint density at radius 1 is 0.344 bits per heavy atom. The van der Waals surface area contributed by atoms with E-state index in [1.807, 2.05) is 9.80 Å². The molecule has 9 heteroatoms. The molecule has 0 spiro atoms. The molecule has 0 aliphatic carbocycles. The number of carbonyl (C=O) groups is 3. The Labute approximate surface area is 398 Å². The van der Waals surface area contributed by atoms with Crippen molar-refractivity contribution in [3.63, 3.8) is 0 Å². The minimum atomic E-state index is -0.121. The molecule has 0 aromatic heterocycles. The summed E-state index contributed by atoms with van der Waals surface area (Å²) in [4.78, 5) is 51.6. The molecule has 9 nitrogen and oxygen atoms in total. The number of nitrogens with zero attached hydrogens (tertiary/aromatic N) is 5. The van der Waals surface area contributed by atoms with Crippen LogP contribution in [0.1, 0.15) is 247 Å². The summed E-state index contributed by atoms with van der Waals surface area (Å²) < 4.78 is 5.46. The molecule has 1 heterocycles. The molecule has 0 bridgehead atoms. The van der Waals surface area contributed by atoms with Crippen LogP contribution in [0.25, 0.3) is 0 Å². The first kappa shape index (κ1) is 60.3. The highest BCUT2D eigenvalue weighted by Gasteiger charge is 2.26. The number of ether oxygens (including phenoxy) is 1. The van der Waals surface area contributed by atoms with E-state index < -0.39 is 0 Å². The minimum Gasteiger partial charge on any atom is -0.466 e. The molecule has 1 fully saturated rings. The van der Waals surface area contributed by atoms with Crippen molar-refractivity contribution in [2.24, 2.45) is 0 Å². The molecule has 0 aromatic carbocycles. The molecule has 0 aromatic rings. The van der Waals surface area contributed by atoms with Crippen molar-refractivity contribution < 1.29 is 19.1 Å². The number of piperazine rings is 1. The Hall–Kier alpha value is -1.71. The third-order valence-electron chi connectivity index (χ3n) is 13.6. The van der Waals surface area contributed by atoms with E-state index in [9.17, 15) is 14.4 Å². The van der Waals surface area contributed by atoms with Gasteiger partial charge >= 0.3 is 5.97 Å². The van der Waals surface area contributed by atoms with Gasteiger partial charge in [-0.1, -0.05) is 202 Å². The molecule has 64 heavy (non-hydrogen) atoms. The van der Waals surface area contributed by atoms with Crippen LogP contribution in [0.5, 0.6) is 0 Å². The first-order chi connectivity index (χ1) is 31.4. The molecule has 0 radical (unpaired) electrons. The monoisotopic (exact) mass is 904 g/mol. The Balaban J connectivity index is 2.80. The molecule has 2 amide bonds. The summed E-state index contributed by atoms with van der Waals surface area (Å²) in [6.45, 7) is 22.1. The molecule has 0 N–H and O–H groups in total. The molecular weight excluding hydrogens is 795 g/mol. The van der Waals surface area contributed by atoms with Gasteiger partial charge < -0.3 is 19.4 Å². The summed E-state index contributed by atoms with van der Waals surface area (Å²) in [6, 6.07) is 0. The SMILES string of the molecule is CCCCCCCCCN(CCCCCCCCC)CCN(CCCCCCCCC)CC(=O)N1CCN(C(=O)CN(CCCCCCCCC)CCCC(=O)OCCCCC)CC1. The Morgan fingerprint density at radius 3 is 1.00 bits per heavy atom. The molecule has 1 aliphatic rings. The lowest BCUT2D eigenvalue weighted by molar-refractivity contribution is -0.144. The van der Waals surface area contributed by atoms with E-state index in [0.29, 0.717) is 58.7 Å². The van der Waals surface area contributed by atoms with Crippen molar-refractivity contribution in [1.82, 2.24) is 24.5 Å². The number of amides is 2. The van der Waals surface area contributed by atoms with Crippen molar-refractivity contribution in [3.05, 3.63) is 0 Å². The van der Waals surface area contributed by atoms with Crippen molar-refractivity contribution in [3.8, 4) is 0 Å². The Bertz CT molecular complexity index is 1040. The van der Waals surface area contributed by atoms with Crippen LogP contribution in [-0.4, -0.2) is 134 Å². The van der Waals surface area contributed by atoms with Crippen LogP contribution in [0, 0.1) is 0 Å². The van der Waals surface area contributed by atoms with Gasteiger partial charge in [0.1, 0.15) is 0 Å². The van der Waals surface area contributed by atoms with Crippen molar-refractivity contribution in [2.45, 2.75) is 247 Å². The van der Waals surface area contributed by atoms with Gasteiger partial charge in [0.15, 0.2) is 0 Å². The van der Waals surface area contributed by atoms with Gasteiger partial charge in [-0.05, 0) is 71.2 Å². The number of rotatable bonds is 47. The van der Waals surface area contributed by atoms with Crippen molar-refractivity contribution in [2.75, 3.05) is 91.7 Å². The summed E-state index contributed by atoms with van der Waals surface area (Å²) in [5.41, 5.74) is 0. The highest BCUT2D eigenvalue weighted by Crippen LogP contribution is 2.14. The minimum absolute atomic E-state index is 0.121. The molecular formula is C55H109N5O4. The van der Waals surface area contributed by atoms with E-state index in [-0.39, 0.29) is 17.8 Å². The molecule has 1 aliphatic heterocycles. The second-order valence-corrected chi connectivity index (χ2v) is 19.7. The zero-order valence-corrected chi connectivity index (χ0v) is 43.6. The van der Waals surface area contributed by atoms with E-state index in [4.69, 9.17) is 4.74 Å². The fraction of sp³-hybridized carbons (Fsp3) is 0.945. The lowest BCUT2D eigenvalue weighted by Crippen LogP contribution is -2.54.